The van der Waals surface area contributed by atoms with Crippen LogP contribution in [-0.2, 0) is 0 Å². The summed E-state index contributed by atoms with van der Waals surface area (Å²) in [6.45, 7) is 2.02. The molecule has 0 bridgehead atoms. The van der Waals surface area contributed by atoms with Crippen molar-refractivity contribution in [3.63, 3.8) is 0 Å². The maximum absolute atomic E-state index is 9.05. The van der Waals surface area contributed by atoms with Crippen molar-refractivity contribution in [1.82, 2.24) is 0 Å². The summed E-state index contributed by atoms with van der Waals surface area (Å²) >= 11 is 1.58. The summed E-state index contributed by atoms with van der Waals surface area (Å²) < 4.78 is 0. The molecule has 2 aromatic carbocycles. The van der Waals surface area contributed by atoms with Crippen molar-refractivity contribution in [1.29, 1.82) is 5.26 Å². The summed E-state index contributed by atoms with van der Waals surface area (Å²) in [5.74, 6) is 0. The summed E-state index contributed by atoms with van der Waals surface area (Å²) in [5.41, 5.74) is 8.25. The highest BCUT2D eigenvalue weighted by Gasteiger charge is 2.04. The van der Waals surface area contributed by atoms with Gasteiger partial charge in [0.25, 0.3) is 0 Å². The SMILES string of the molecule is Cc1ccc(C#N)c(Sc2ccc(N)cc2)c1. The summed E-state index contributed by atoms with van der Waals surface area (Å²) in [6, 6.07) is 15.7. The van der Waals surface area contributed by atoms with Crippen LogP contribution in [0.5, 0.6) is 0 Å². The molecule has 0 saturated carbocycles. The Morgan fingerprint density at radius 3 is 2.47 bits per heavy atom. The lowest BCUT2D eigenvalue weighted by atomic mass is 10.2. The van der Waals surface area contributed by atoms with E-state index in [1.54, 1.807) is 11.8 Å². The van der Waals surface area contributed by atoms with Gasteiger partial charge in [0.2, 0.25) is 0 Å². The molecule has 0 aliphatic heterocycles. The number of nitrogen functional groups attached to an aromatic ring is 1. The van der Waals surface area contributed by atoms with Gasteiger partial charge in [-0.2, -0.15) is 5.26 Å². The molecule has 0 unspecified atom stereocenters. The van der Waals surface area contributed by atoms with Crippen molar-refractivity contribution in [2.24, 2.45) is 0 Å². The molecule has 84 valence electrons. The fourth-order valence-electron chi connectivity index (χ4n) is 1.47. The first-order chi connectivity index (χ1) is 8.19. The first-order valence-electron chi connectivity index (χ1n) is 5.23. The highest BCUT2D eigenvalue weighted by Crippen LogP contribution is 2.31. The quantitative estimate of drug-likeness (QED) is 0.816. The van der Waals surface area contributed by atoms with Gasteiger partial charge in [0.1, 0.15) is 6.07 Å². The van der Waals surface area contributed by atoms with E-state index in [9.17, 15) is 0 Å². The molecule has 0 atom stereocenters. The van der Waals surface area contributed by atoms with Crippen LogP contribution in [0.15, 0.2) is 52.3 Å². The van der Waals surface area contributed by atoms with E-state index >= 15 is 0 Å². The molecule has 0 aromatic heterocycles. The Hall–Kier alpha value is -1.92. The van der Waals surface area contributed by atoms with Crippen LogP contribution in [0, 0.1) is 18.3 Å². The first-order valence-corrected chi connectivity index (χ1v) is 6.05. The minimum Gasteiger partial charge on any atom is -0.399 e. The van der Waals surface area contributed by atoms with E-state index in [-0.39, 0.29) is 0 Å². The van der Waals surface area contributed by atoms with E-state index in [1.807, 2.05) is 49.4 Å². The van der Waals surface area contributed by atoms with Crippen LogP contribution in [-0.4, -0.2) is 0 Å². The normalized spacial score (nSPS) is 9.88. The molecule has 17 heavy (non-hydrogen) atoms. The van der Waals surface area contributed by atoms with Crippen molar-refractivity contribution >= 4 is 17.4 Å². The van der Waals surface area contributed by atoms with Crippen LogP contribution < -0.4 is 5.73 Å². The first kappa shape index (κ1) is 11.6. The standard InChI is InChI=1S/C14H12N2S/c1-10-2-3-11(9-15)14(8-10)17-13-6-4-12(16)5-7-13/h2-8H,16H2,1H3. The Kier molecular flexibility index (Phi) is 3.36. The fraction of sp³-hybridized carbons (Fsp3) is 0.0714. The number of nitriles is 1. The number of hydrogen-bond donors (Lipinski definition) is 1. The van der Waals surface area contributed by atoms with Gasteiger partial charge >= 0.3 is 0 Å². The molecular formula is C14H12N2S. The predicted octanol–water partition coefficient (Wildman–Crippen LogP) is 3.60. The van der Waals surface area contributed by atoms with Crippen LogP contribution in [0.3, 0.4) is 0 Å². The minimum absolute atomic E-state index is 0.706. The van der Waals surface area contributed by atoms with E-state index in [2.05, 4.69) is 6.07 Å². The Morgan fingerprint density at radius 2 is 1.82 bits per heavy atom. The second-order valence-electron chi connectivity index (χ2n) is 3.78. The van der Waals surface area contributed by atoms with Gasteiger partial charge in [0, 0.05) is 15.5 Å². The van der Waals surface area contributed by atoms with Crippen LogP contribution in [0.25, 0.3) is 0 Å². The maximum Gasteiger partial charge on any atom is 0.100 e. The Morgan fingerprint density at radius 1 is 1.12 bits per heavy atom. The number of aryl methyl sites for hydroxylation is 1. The third-order valence-electron chi connectivity index (χ3n) is 2.37. The predicted molar refractivity (Wildman–Crippen MR) is 70.9 cm³/mol. The molecule has 2 aromatic rings. The summed E-state index contributed by atoms with van der Waals surface area (Å²) in [7, 11) is 0. The highest BCUT2D eigenvalue weighted by atomic mass is 32.2. The second-order valence-corrected chi connectivity index (χ2v) is 4.90. The molecule has 0 radical (unpaired) electrons. The van der Waals surface area contributed by atoms with Gasteiger partial charge in [-0.05, 0) is 48.9 Å². The van der Waals surface area contributed by atoms with Crippen LogP contribution in [0.2, 0.25) is 0 Å². The average Bonchev–Trinajstić information content (AvgIpc) is 2.32. The number of hydrogen-bond acceptors (Lipinski definition) is 3. The van der Waals surface area contributed by atoms with E-state index in [0.29, 0.717) is 5.56 Å². The van der Waals surface area contributed by atoms with Gasteiger partial charge in [-0.25, -0.2) is 0 Å². The zero-order valence-electron chi connectivity index (χ0n) is 9.47. The molecular weight excluding hydrogens is 228 g/mol. The molecule has 2 rings (SSSR count). The summed E-state index contributed by atoms with van der Waals surface area (Å²) in [6.07, 6.45) is 0. The van der Waals surface area contributed by atoms with Crippen molar-refractivity contribution < 1.29 is 0 Å². The highest BCUT2D eigenvalue weighted by molar-refractivity contribution is 7.99. The zero-order chi connectivity index (χ0) is 12.3. The molecule has 2 nitrogen and oxygen atoms in total. The van der Waals surface area contributed by atoms with Crippen LogP contribution in [0.1, 0.15) is 11.1 Å². The Labute approximate surface area is 105 Å². The molecule has 0 saturated heterocycles. The largest absolute Gasteiger partial charge is 0.399 e. The van der Waals surface area contributed by atoms with E-state index in [0.717, 1.165) is 21.0 Å². The fourth-order valence-corrected chi connectivity index (χ4v) is 2.46. The van der Waals surface area contributed by atoms with Crippen molar-refractivity contribution in [2.75, 3.05) is 5.73 Å². The monoisotopic (exact) mass is 240 g/mol. The lowest BCUT2D eigenvalue weighted by Crippen LogP contribution is -1.85. The Bertz CT molecular complexity index is 568. The molecule has 0 fully saturated rings. The van der Waals surface area contributed by atoms with E-state index in [4.69, 9.17) is 11.0 Å². The average molecular weight is 240 g/mol. The van der Waals surface area contributed by atoms with Crippen LogP contribution >= 0.6 is 11.8 Å². The topological polar surface area (TPSA) is 49.8 Å². The maximum atomic E-state index is 9.05. The zero-order valence-corrected chi connectivity index (χ0v) is 10.3. The molecule has 0 amide bonds. The molecule has 2 N–H and O–H groups in total. The lowest BCUT2D eigenvalue weighted by Gasteiger charge is -2.05. The van der Waals surface area contributed by atoms with Gasteiger partial charge in [0.05, 0.1) is 5.56 Å². The molecule has 3 heteroatoms. The number of rotatable bonds is 2. The van der Waals surface area contributed by atoms with E-state index in [1.165, 1.54) is 0 Å². The number of anilines is 1. The second kappa shape index (κ2) is 4.94. The molecule has 0 aliphatic rings. The van der Waals surface area contributed by atoms with E-state index < -0.39 is 0 Å². The van der Waals surface area contributed by atoms with Crippen molar-refractivity contribution in [3.05, 3.63) is 53.6 Å². The molecule has 0 heterocycles. The summed E-state index contributed by atoms with van der Waals surface area (Å²) in [5, 5.41) is 9.05. The third-order valence-corrected chi connectivity index (χ3v) is 3.43. The van der Waals surface area contributed by atoms with Gasteiger partial charge in [-0.15, -0.1) is 0 Å². The number of nitrogens with zero attached hydrogens (tertiary/aromatic N) is 1. The Balaban J connectivity index is 2.32. The summed E-state index contributed by atoms with van der Waals surface area (Å²) in [4.78, 5) is 2.07. The smallest absolute Gasteiger partial charge is 0.100 e. The minimum atomic E-state index is 0.706. The van der Waals surface area contributed by atoms with Gasteiger partial charge in [0.15, 0.2) is 0 Å². The van der Waals surface area contributed by atoms with Gasteiger partial charge in [-0.3, -0.25) is 0 Å². The van der Waals surface area contributed by atoms with Crippen molar-refractivity contribution in [3.8, 4) is 6.07 Å². The molecule has 0 aliphatic carbocycles. The van der Waals surface area contributed by atoms with Crippen LogP contribution in [0.4, 0.5) is 5.69 Å². The van der Waals surface area contributed by atoms with Crippen molar-refractivity contribution in [2.45, 2.75) is 16.7 Å². The lowest BCUT2D eigenvalue weighted by molar-refractivity contribution is 1.30. The number of nitrogens with two attached hydrogens (primary N) is 1. The number of benzene rings is 2. The third kappa shape index (κ3) is 2.80. The molecule has 0 spiro atoms. The van der Waals surface area contributed by atoms with Gasteiger partial charge < -0.3 is 5.73 Å². The van der Waals surface area contributed by atoms with Gasteiger partial charge in [-0.1, -0.05) is 17.8 Å².